The molecule has 0 spiro atoms. The normalized spacial score (nSPS) is 43.2. The number of rotatable bonds is 1. The Kier molecular flexibility index (Phi) is 3.58. The number of aryl methyl sites for hydroxylation is 1. The first-order valence-corrected chi connectivity index (χ1v) is 9.45. The second kappa shape index (κ2) is 5.24. The lowest BCUT2D eigenvalue weighted by atomic mass is 9.55. The van der Waals surface area contributed by atoms with Crippen molar-refractivity contribution < 1.29 is 9.84 Å². The number of ether oxygens (including phenoxy) is 1. The fraction of sp³-hybridized carbons (Fsp3) is 0.684. The predicted molar refractivity (Wildman–Crippen MR) is 91.7 cm³/mol. The third-order valence-electron chi connectivity index (χ3n) is 6.87. The van der Waals surface area contributed by atoms with Crippen molar-refractivity contribution in [3.05, 3.63) is 29.3 Å². The summed E-state index contributed by atoms with van der Waals surface area (Å²) >= 11 is 3.73. The lowest BCUT2D eigenvalue weighted by Crippen LogP contribution is -2.44. The van der Waals surface area contributed by atoms with Gasteiger partial charge >= 0.3 is 0 Å². The highest BCUT2D eigenvalue weighted by Gasteiger charge is 2.57. The fourth-order valence-corrected chi connectivity index (χ4v) is 6.64. The molecule has 0 amide bonds. The summed E-state index contributed by atoms with van der Waals surface area (Å²) in [5.74, 6) is 3.05. The molecule has 22 heavy (non-hydrogen) atoms. The van der Waals surface area contributed by atoms with Crippen LogP contribution in [-0.2, 0) is 6.42 Å². The molecule has 4 rings (SSSR count). The zero-order valence-electron chi connectivity index (χ0n) is 13.4. The largest absolute Gasteiger partial charge is 0.497 e. The second-order valence-electron chi connectivity index (χ2n) is 7.72. The van der Waals surface area contributed by atoms with Gasteiger partial charge in [-0.1, -0.05) is 28.9 Å². The highest BCUT2D eigenvalue weighted by atomic mass is 79.9. The van der Waals surface area contributed by atoms with Crippen molar-refractivity contribution in [2.75, 3.05) is 7.11 Å². The predicted octanol–water partition coefficient (Wildman–Crippen LogP) is 4.29. The summed E-state index contributed by atoms with van der Waals surface area (Å²) < 4.78 is 5.39. The maximum absolute atomic E-state index is 10.6. The van der Waals surface area contributed by atoms with Gasteiger partial charge in [-0.2, -0.15) is 0 Å². The fourth-order valence-electron chi connectivity index (χ4n) is 5.63. The minimum atomic E-state index is -0.185. The number of hydrogen-bond acceptors (Lipinski definition) is 2. The Morgan fingerprint density at radius 1 is 1.32 bits per heavy atom. The van der Waals surface area contributed by atoms with Crippen molar-refractivity contribution in [3.8, 4) is 5.75 Å². The molecule has 0 unspecified atom stereocenters. The van der Waals surface area contributed by atoms with Crippen LogP contribution in [0.15, 0.2) is 18.2 Å². The van der Waals surface area contributed by atoms with E-state index < -0.39 is 0 Å². The highest BCUT2D eigenvalue weighted by Crippen LogP contribution is 2.61. The Bertz CT molecular complexity index is 587. The Morgan fingerprint density at radius 2 is 2.14 bits per heavy atom. The number of aliphatic hydroxyl groups excluding tert-OH is 1. The Labute approximate surface area is 141 Å². The van der Waals surface area contributed by atoms with Crippen LogP contribution in [0, 0.1) is 17.3 Å². The molecule has 3 heteroatoms. The van der Waals surface area contributed by atoms with Gasteiger partial charge in [0.15, 0.2) is 0 Å². The number of alkyl halides is 1. The Balaban J connectivity index is 1.69. The molecule has 6 atom stereocenters. The number of halogens is 1. The lowest BCUT2D eigenvalue weighted by molar-refractivity contribution is -0.0213. The van der Waals surface area contributed by atoms with Crippen molar-refractivity contribution in [3.63, 3.8) is 0 Å². The van der Waals surface area contributed by atoms with E-state index in [0.29, 0.717) is 11.8 Å². The summed E-state index contributed by atoms with van der Waals surface area (Å²) in [5, 5.41) is 10.6. The van der Waals surface area contributed by atoms with E-state index in [1.54, 1.807) is 12.7 Å². The number of aliphatic hydroxyl groups is 1. The van der Waals surface area contributed by atoms with E-state index in [9.17, 15) is 5.11 Å². The van der Waals surface area contributed by atoms with E-state index in [4.69, 9.17) is 4.74 Å². The molecule has 1 aromatic carbocycles. The lowest BCUT2D eigenvalue weighted by Gasteiger charge is -2.50. The van der Waals surface area contributed by atoms with Crippen molar-refractivity contribution in [2.24, 2.45) is 17.3 Å². The van der Waals surface area contributed by atoms with Crippen molar-refractivity contribution in [1.29, 1.82) is 0 Å². The van der Waals surface area contributed by atoms with E-state index in [2.05, 4.69) is 41.1 Å². The summed E-state index contributed by atoms with van der Waals surface area (Å²) in [5.41, 5.74) is 3.14. The van der Waals surface area contributed by atoms with Crippen LogP contribution in [0.25, 0.3) is 0 Å². The minimum absolute atomic E-state index is 0.110. The van der Waals surface area contributed by atoms with Crippen molar-refractivity contribution >= 4 is 15.9 Å². The van der Waals surface area contributed by atoms with Gasteiger partial charge < -0.3 is 9.84 Å². The van der Waals surface area contributed by atoms with Gasteiger partial charge in [-0.3, -0.25) is 0 Å². The van der Waals surface area contributed by atoms with Gasteiger partial charge in [0.1, 0.15) is 5.75 Å². The van der Waals surface area contributed by atoms with Crippen LogP contribution < -0.4 is 4.74 Å². The monoisotopic (exact) mass is 364 g/mol. The number of benzene rings is 1. The van der Waals surface area contributed by atoms with Gasteiger partial charge in [0.25, 0.3) is 0 Å². The van der Waals surface area contributed by atoms with Crippen LogP contribution in [0.5, 0.6) is 5.75 Å². The van der Waals surface area contributed by atoms with E-state index in [1.807, 2.05) is 0 Å². The number of methoxy groups -OCH3 is 1. The number of hydrogen-bond donors (Lipinski definition) is 1. The van der Waals surface area contributed by atoms with E-state index in [1.165, 1.54) is 18.4 Å². The van der Waals surface area contributed by atoms with Crippen molar-refractivity contribution in [2.45, 2.75) is 55.9 Å². The molecule has 2 saturated carbocycles. The van der Waals surface area contributed by atoms with Crippen LogP contribution in [-0.4, -0.2) is 23.1 Å². The van der Waals surface area contributed by atoms with Gasteiger partial charge in [-0.05, 0) is 78.5 Å². The summed E-state index contributed by atoms with van der Waals surface area (Å²) in [6.07, 6.45) is 5.72. The minimum Gasteiger partial charge on any atom is -0.497 e. The quantitative estimate of drug-likeness (QED) is 0.753. The van der Waals surface area contributed by atoms with Gasteiger partial charge in [-0.15, -0.1) is 0 Å². The first kappa shape index (κ1) is 15.0. The van der Waals surface area contributed by atoms with Crippen LogP contribution >= 0.6 is 15.9 Å². The molecular weight excluding hydrogens is 340 g/mol. The summed E-state index contributed by atoms with van der Waals surface area (Å²) in [6.45, 7) is 2.32. The Hall–Kier alpha value is -0.540. The number of fused-ring (bicyclic) bond motifs is 5. The highest BCUT2D eigenvalue weighted by molar-refractivity contribution is 9.09. The third-order valence-corrected chi connectivity index (χ3v) is 7.74. The molecule has 2 nitrogen and oxygen atoms in total. The van der Waals surface area contributed by atoms with Crippen molar-refractivity contribution in [1.82, 2.24) is 0 Å². The molecule has 0 radical (unpaired) electrons. The summed E-state index contributed by atoms with van der Waals surface area (Å²) in [7, 11) is 1.75. The van der Waals surface area contributed by atoms with Gasteiger partial charge in [0.2, 0.25) is 0 Å². The van der Waals surface area contributed by atoms with E-state index in [-0.39, 0.29) is 16.3 Å². The first-order valence-electron chi connectivity index (χ1n) is 8.53. The van der Waals surface area contributed by atoms with Crippen LogP contribution in [0.1, 0.15) is 49.7 Å². The molecule has 0 aliphatic heterocycles. The maximum Gasteiger partial charge on any atom is 0.119 e. The molecule has 0 heterocycles. The molecule has 0 saturated heterocycles. The van der Waals surface area contributed by atoms with E-state index >= 15 is 0 Å². The molecule has 0 aromatic heterocycles. The van der Waals surface area contributed by atoms with Gasteiger partial charge in [-0.25, -0.2) is 0 Å². The first-order chi connectivity index (χ1) is 10.5. The van der Waals surface area contributed by atoms with Gasteiger partial charge in [0.05, 0.1) is 13.2 Å². The van der Waals surface area contributed by atoms with Gasteiger partial charge in [0, 0.05) is 4.83 Å². The summed E-state index contributed by atoms with van der Waals surface area (Å²) in [6, 6.07) is 6.65. The van der Waals surface area contributed by atoms with Crippen LogP contribution in [0.4, 0.5) is 0 Å². The average Bonchev–Trinajstić information content (AvgIpc) is 2.77. The zero-order valence-corrected chi connectivity index (χ0v) is 15.0. The third kappa shape index (κ3) is 2.01. The maximum atomic E-state index is 10.6. The molecule has 120 valence electrons. The molecular formula is C19H25BrO2. The van der Waals surface area contributed by atoms with Crippen LogP contribution in [0.2, 0.25) is 0 Å². The molecule has 2 fully saturated rings. The second-order valence-corrected chi connectivity index (χ2v) is 8.90. The standard InChI is InChI=1S/C19H25BrO2/c1-19-8-7-14-13-6-4-12(22-2)9-11(13)3-5-15(14)16(19)10-17(20)18(19)21/h4,6,9,14-18,21H,3,5,7-8,10H2,1-2H3/t14-,15-,16+,17+,18-,19+/m1/s1. The van der Waals surface area contributed by atoms with Crippen LogP contribution in [0.3, 0.4) is 0 Å². The molecule has 1 N–H and O–H groups in total. The Morgan fingerprint density at radius 3 is 2.91 bits per heavy atom. The smallest absolute Gasteiger partial charge is 0.119 e. The molecule has 3 aliphatic rings. The average molecular weight is 365 g/mol. The zero-order chi connectivity index (χ0) is 15.5. The summed E-state index contributed by atoms with van der Waals surface area (Å²) in [4.78, 5) is 0.276. The SMILES string of the molecule is COc1ccc2c(c1)CC[C@@H]1[C@@H]2CC[C@]2(C)[C@H](O)[C@@H](Br)C[C@@H]12. The topological polar surface area (TPSA) is 29.5 Å². The molecule has 3 aliphatic carbocycles. The molecule has 1 aromatic rings. The van der Waals surface area contributed by atoms with E-state index in [0.717, 1.165) is 30.9 Å². The molecule has 0 bridgehead atoms.